The summed E-state index contributed by atoms with van der Waals surface area (Å²) in [4.78, 5) is 22.2. The number of rotatable bonds is 5. The minimum atomic E-state index is -0.240. The number of carbonyl (C=O) groups is 2. The normalized spacial score (nSPS) is 16.5. The second-order valence-corrected chi connectivity index (χ2v) is 5.01. The highest BCUT2D eigenvalue weighted by Gasteiger charge is 2.30. The highest BCUT2D eigenvalue weighted by Crippen LogP contribution is 2.42. The van der Waals surface area contributed by atoms with Gasteiger partial charge in [0, 0.05) is 0 Å². The van der Waals surface area contributed by atoms with Crippen LogP contribution in [0, 0.1) is 5.92 Å². The number of benzene rings is 1. The van der Waals surface area contributed by atoms with Gasteiger partial charge in [-0.25, -0.2) is 0 Å². The number of phenols is 1. The average molecular weight is 262 g/mol. The molecule has 2 rings (SSSR count). The van der Waals surface area contributed by atoms with Crippen LogP contribution in [-0.4, -0.2) is 24.5 Å². The number of carbonyl (C=O) groups excluding carboxylic acids is 2. The van der Waals surface area contributed by atoms with Gasteiger partial charge >= 0.3 is 5.97 Å². The van der Waals surface area contributed by atoms with Crippen molar-refractivity contribution in [1.29, 1.82) is 0 Å². The molecule has 1 fully saturated rings. The summed E-state index contributed by atoms with van der Waals surface area (Å²) in [5.74, 6) is 0.255. The van der Waals surface area contributed by atoms with Gasteiger partial charge in [-0.05, 0) is 42.4 Å². The van der Waals surface area contributed by atoms with Crippen LogP contribution in [0.25, 0.3) is 0 Å². The minimum Gasteiger partial charge on any atom is -0.507 e. The van der Waals surface area contributed by atoms with Gasteiger partial charge in [-0.3, -0.25) is 9.59 Å². The molecule has 19 heavy (non-hydrogen) atoms. The van der Waals surface area contributed by atoms with E-state index in [-0.39, 0.29) is 23.2 Å². The van der Waals surface area contributed by atoms with Crippen LogP contribution in [0.5, 0.6) is 5.75 Å². The molecule has 0 bridgehead atoms. The molecular weight excluding hydrogens is 244 g/mol. The second-order valence-electron chi connectivity index (χ2n) is 5.01. The second kappa shape index (κ2) is 5.87. The van der Waals surface area contributed by atoms with E-state index in [1.54, 1.807) is 12.1 Å². The number of phenolic OH excluding ortho intramolecular Hbond substituents is 1. The van der Waals surface area contributed by atoms with E-state index in [0.717, 1.165) is 18.4 Å². The van der Waals surface area contributed by atoms with Crippen molar-refractivity contribution >= 4 is 12.3 Å². The van der Waals surface area contributed by atoms with Gasteiger partial charge in [-0.15, -0.1) is 0 Å². The van der Waals surface area contributed by atoms with Gasteiger partial charge in [0.2, 0.25) is 0 Å². The molecule has 0 heterocycles. The molecule has 0 unspecified atom stereocenters. The van der Waals surface area contributed by atoms with Crippen molar-refractivity contribution in [1.82, 2.24) is 0 Å². The smallest absolute Gasteiger partial charge is 0.306 e. The molecule has 1 aliphatic carbocycles. The van der Waals surface area contributed by atoms with Gasteiger partial charge in [-0.1, -0.05) is 12.5 Å². The van der Waals surface area contributed by atoms with Crippen LogP contribution in [0.15, 0.2) is 18.2 Å². The van der Waals surface area contributed by atoms with Crippen LogP contribution in [-0.2, 0) is 9.53 Å². The van der Waals surface area contributed by atoms with Crippen molar-refractivity contribution in [2.45, 2.75) is 31.6 Å². The maximum absolute atomic E-state index is 11.5. The SMILES string of the molecule is COC(=O)C[C@@H](c1ccc(C=O)c(O)c1)C1CCC1. The third-order valence-corrected chi connectivity index (χ3v) is 3.94. The molecule has 1 atom stereocenters. The topological polar surface area (TPSA) is 63.6 Å². The summed E-state index contributed by atoms with van der Waals surface area (Å²) in [6, 6.07) is 5.01. The Labute approximate surface area is 112 Å². The van der Waals surface area contributed by atoms with E-state index < -0.39 is 0 Å². The quantitative estimate of drug-likeness (QED) is 0.654. The Bertz CT molecular complexity index is 477. The molecule has 1 N–H and O–H groups in total. The van der Waals surface area contributed by atoms with Crippen LogP contribution in [0.2, 0.25) is 0 Å². The third kappa shape index (κ3) is 2.95. The Balaban J connectivity index is 2.24. The number of aldehydes is 1. The van der Waals surface area contributed by atoms with Crippen molar-refractivity contribution in [3.63, 3.8) is 0 Å². The fraction of sp³-hybridized carbons (Fsp3) is 0.467. The molecule has 1 aromatic carbocycles. The molecule has 0 saturated heterocycles. The summed E-state index contributed by atoms with van der Waals surface area (Å²) in [6.45, 7) is 0. The maximum Gasteiger partial charge on any atom is 0.306 e. The van der Waals surface area contributed by atoms with Crippen LogP contribution in [0.1, 0.15) is 47.5 Å². The first-order valence-corrected chi connectivity index (χ1v) is 6.50. The summed E-state index contributed by atoms with van der Waals surface area (Å²) >= 11 is 0. The zero-order valence-electron chi connectivity index (χ0n) is 11.0. The van der Waals surface area contributed by atoms with Crippen molar-refractivity contribution in [2.75, 3.05) is 7.11 Å². The Morgan fingerprint density at radius 2 is 2.26 bits per heavy atom. The number of hydrogen-bond donors (Lipinski definition) is 1. The van der Waals surface area contributed by atoms with Gasteiger partial charge in [0.15, 0.2) is 6.29 Å². The van der Waals surface area contributed by atoms with Gasteiger partial charge < -0.3 is 9.84 Å². The average Bonchev–Trinajstić information content (AvgIpc) is 2.35. The fourth-order valence-corrected chi connectivity index (χ4v) is 2.55. The Hall–Kier alpha value is -1.84. The third-order valence-electron chi connectivity index (χ3n) is 3.94. The predicted molar refractivity (Wildman–Crippen MR) is 70.2 cm³/mol. The van der Waals surface area contributed by atoms with Gasteiger partial charge in [0.1, 0.15) is 5.75 Å². The molecule has 4 heteroatoms. The van der Waals surface area contributed by atoms with Gasteiger partial charge in [0.25, 0.3) is 0 Å². The van der Waals surface area contributed by atoms with Crippen molar-refractivity contribution in [2.24, 2.45) is 5.92 Å². The minimum absolute atomic E-state index is 0.0262. The summed E-state index contributed by atoms with van der Waals surface area (Å²) in [5.41, 5.74) is 1.17. The van der Waals surface area contributed by atoms with E-state index in [0.29, 0.717) is 18.6 Å². The van der Waals surface area contributed by atoms with E-state index in [1.165, 1.54) is 13.5 Å². The lowest BCUT2D eigenvalue weighted by atomic mass is 9.71. The molecule has 0 spiro atoms. The molecule has 0 aliphatic heterocycles. The van der Waals surface area contributed by atoms with E-state index in [1.807, 2.05) is 6.07 Å². The monoisotopic (exact) mass is 262 g/mol. The molecule has 0 amide bonds. The molecule has 102 valence electrons. The molecule has 0 aromatic heterocycles. The largest absolute Gasteiger partial charge is 0.507 e. The van der Waals surface area contributed by atoms with Crippen molar-refractivity contribution in [3.8, 4) is 5.75 Å². The number of aromatic hydroxyl groups is 1. The molecular formula is C15H18O4. The Morgan fingerprint density at radius 1 is 1.53 bits per heavy atom. The van der Waals surface area contributed by atoms with E-state index in [4.69, 9.17) is 4.74 Å². The lowest BCUT2D eigenvalue weighted by molar-refractivity contribution is -0.141. The molecule has 4 nitrogen and oxygen atoms in total. The molecule has 1 aliphatic rings. The maximum atomic E-state index is 11.5. The van der Waals surface area contributed by atoms with Crippen LogP contribution >= 0.6 is 0 Å². The van der Waals surface area contributed by atoms with Gasteiger partial charge in [-0.2, -0.15) is 0 Å². The van der Waals surface area contributed by atoms with Crippen molar-refractivity contribution < 1.29 is 19.4 Å². The summed E-state index contributed by atoms with van der Waals surface area (Å²) in [6.07, 6.45) is 4.31. The Kier molecular flexibility index (Phi) is 4.20. The van der Waals surface area contributed by atoms with E-state index in [2.05, 4.69) is 0 Å². The standard InChI is InChI=1S/C15H18O4/c1-19-15(18)8-13(10-3-2-4-10)11-5-6-12(9-16)14(17)7-11/h5-7,9-10,13,17H,2-4,8H2,1H3/t13-/m1/s1. The first-order chi connectivity index (χ1) is 9.15. The lowest BCUT2D eigenvalue weighted by Crippen LogP contribution is -2.23. The van der Waals surface area contributed by atoms with Crippen molar-refractivity contribution in [3.05, 3.63) is 29.3 Å². The summed E-state index contributed by atoms with van der Waals surface area (Å²) < 4.78 is 4.74. The molecule has 0 radical (unpaired) electrons. The Morgan fingerprint density at radius 3 is 2.74 bits per heavy atom. The highest BCUT2D eigenvalue weighted by atomic mass is 16.5. The number of hydrogen-bond acceptors (Lipinski definition) is 4. The summed E-state index contributed by atoms with van der Waals surface area (Å²) in [5, 5.41) is 9.76. The van der Waals surface area contributed by atoms with E-state index in [9.17, 15) is 14.7 Å². The molecule has 1 aromatic rings. The van der Waals surface area contributed by atoms with Gasteiger partial charge in [0.05, 0.1) is 19.1 Å². The number of ether oxygens (including phenoxy) is 1. The zero-order valence-corrected chi connectivity index (χ0v) is 11.0. The first-order valence-electron chi connectivity index (χ1n) is 6.50. The zero-order chi connectivity index (χ0) is 13.8. The van der Waals surface area contributed by atoms with E-state index >= 15 is 0 Å². The van der Waals surface area contributed by atoms with Crippen LogP contribution in [0.4, 0.5) is 0 Å². The highest BCUT2D eigenvalue weighted by molar-refractivity contribution is 5.79. The number of esters is 1. The predicted octanol–water partition coefficient (Wildman–Crippen LogP) is 2.65. The lowest BCUT2D eigenvalue weighted by Gasteiger charge is -2.33. The number of methoxy groups -OCH3 is 1. The van der Waals surface area contributed by atoms with Crippen LogP contribution < -0.4 is 0 Å². The molecule has 1 saturated carbocycles. The van der Waals surface area contributed by atoms with Crippen LogP contribution in [0.3, 0.4) is 0 Å². The summed E-state index contributed by atoms with van der Waals surface area (Å²) in [7, 11) is 1.38. The first kappa shape index (κ1) is 13.6. The fourth-order valence-electron chi connectivity index (χ4n) is 2.55.